The molecule has 1 N–H and O–H groups in total. The summed E-state index contributed by atoms with van der Waals surface area (Å²) in [6, 6.07) is 7.46. The molecule has 1 fully saturated rings. The van der Waals surface area contributed by atoms with Gasteiger partial charge in [-0.2, -0.15) is 0 Å². The Morgan fingerprint density at radius 3 is 2.79 bits per heavy atom. The summed E-state index contributed by atoms with van der Waals surface area (Å²) >= 11 is 3.42. The number of rotatable bonds is 4. The van der Waals surface area contributed by atoms with Crippen LogP contribution in [0, 0.1) is 0 Å². The SMILES string of the molecule is O=C(O)CC1CCCN1C(=O)Cc1ccccc1Br. The number of hydrogen-bond donors (Lipinski definition) is 1. The summed E-state index contributed by atoms with van der Waals surface area (Å²) in [7, 11) is 0. The molecular weight excluding hydrogens is 310 g/mol. The number of hydrogen-bond acceptors (Lipinski definition) is 2. The molecule has 0 aromatic heterocycles. The average molecular weight is 326 g/mol. The number of halogens is 1. The van der Waals surface area contributed by atoms with Crippen molar-refractivity contribution in [2.45, 2.75) is 31.7 Å². The fraction of sp³-hybridized carbons (Fsp3) is 0.429. The largest absolute Gasteiger partial charge is 0.481 e. The van der Waals surface area contributed by atoms with Crippen LogP contribution < -0.4 is 0 Å². The van der Waals surface area contributed by atoms with Gasteiger partial charge in [0.05, 0.1) is 12.8 Å². The lowest BCUT2D eigenvalue weighted by molar-refractivity contribution is -0.139. The van der Waals surface area contributed by atoms with Crippen LogP contribution in [0.5, 0.6) is 0 Å². The first-order valence-corrected chi connectivity index (χ1v) is 7.12. The van der Waals surface area contributed by atoms with Gasteiger partial charge in [0, 0.05) is 17.1 Å². The van der Waals surface area contributed by atoms with E-state index in [0.717, 1.165) is 22.9 Å². The number of carbonyl (C=O) groups is 2. The molecule has 0 spiro atoms. The van der Waals surface area contributed by atoms with Crippen molar-refractivity contribution in [1.82, 2.24) is 4.90 Å². The maximum atomic E-state index is 12.3. The minimum absolute atomic E-state index is 0.00986. The minimum atomic E-state index is -0.842. The molecule has 4 nitrogen and oxygen atoms in total. The Bertz CT molecular complexity index is 489. The van der Waals surface area contributed by atoms with Gasteiger partial charge < -0.3 is 10.0 Å². The van der Waals surface area contributed by atoms with E-state index >= 15 is 0 Å². The number of benzene rings is 1. The Morgan fingerprint density at radius 1 is 1.37 bits per heavy atom. The summed E-state index contributed by atoms with van der Waals surface area (Å²) < 4.78 is 0.914. The third-order valence-corrected chi connectivity index (χ3v) is 4.18. The third-order valence-electron chi connectivity index (χ3n) is 3.41. The van der Waals surface area contributed by atoms with Gasteiger partial charge in [0.1, 0.15) is 0 Å². The van der Waals surface area contributed by atoms with Gasteiger partial charge in [-0.15, -0.1) is 0 Å². The van der Waals surface area contributed by atoms with E-state index in [1.165, 1.54) is 0 Å². The maximum absolute atomic E-state index is 12.3. The number of likely N-dealkylation sites (tertiary alicyclic amines) is 1. The standard InChI is InChI=1S/C14H16BrNO3/c15-12-6-2-1-4-10(12)8-13(17)16-7-3-5-11(16)9-14(18)19/h1-2,4,6,11H,3,5,7-9H2,(H,18,19). The Balaban J connectivity index is 2.03. The van der Waals surface area contributed by atoms with Crippen LogP contribution in [0.25, 0.3) is 0 Å². The predicted molar refractivity (Wildman–Crippen MR) is 74.8 cm³/mol. The van der Waals surface area contributed by atoms with Crippen LogP contribution in [0.4, 0.5) is 0 Å². The van der Waals surface area contributed by atoms with E-state index in [9.17, 15) is 9.59 Å². The van der Waals surface area contributed by atoms with Gasteiger partial charge in [0.2, 0.25) is 5.91 Å². The van der Waals surface area contributed by atoms with Crippen molar-refractivity contribution in [1.29, 1.82) is 0 Å². The van der Waals surface area contributed by atoms with E-state index in [0.29, 0.717) is 13.0 Å². The number of carboxylic acids is 1. The average Bonchev–Trinajstić information content (AvgIpc) is 2.79. The van der Waals surface area contributed by atoms with Crippen molar-refractivity contribution in [3.05, 3.63) is 34.3 Å². The molecule has 1 unspecified atom stereocenters. The van der Waals surface area contributed by atoms with Crippen molar-refractivity contribution in [2.75, 3.05) is 6.54 Å². The summed E-state index contributed by atoms with van der Waals surface area (Å²) in [5.74, 6) is -0.832. The predicted octanol–water partition coefficient (Wildman–Crippen LogP) is 2.46. The van der Waals surface area contributed by atoms with Gasteiger partial charge >= 0.3 is 5.97 Å². The van der Waals surface area contributed by atoms with Crippen LogP contribution in [0.3, 0.4) is 0 Å². The monoisotopic (exact) mass is 325 g/mol. The second kappa shape index (κ2) is 6.19. The number of carbonyl (C=O) groups excluding carboxylic acids is 1. The molecule has 0 radical (unpaired) electrons. The molecule has 1 atom stereocenters. The van der Waals surface area contributed by atoms with Crippen molar-refractivity contribution in [3.63, 3.8) is 0 Å². The number of amides is 1. The van der Waals surface area contributed by atoms with E-state index in [1.54, 1.807) is 4.90 Å². The maximum Gasteiger partial charge on any atom is 0.305 e. The molecule has 5 heteroatoms. The molecule has 0 aliphatic carbocycles. The molecule has 102 valence electrons. The van der Waals surface area contributed by atoms with E-state index in [2.05, 4.69) is 15.9 Å². The Kier molecular flexibility index (Phi) is 4.58. The normalized spacial score (nSPS) is 18.6. The highest BCUT2D eigenvalue weighted by molar-refractivity contribution is 9.10. The van der Waals surface area contributed by atoms with Gasteiger partial charge in [-0.1, -0.05) is 34.1 Å². The highest BCUT2D eigenvalue weighted by atomic mass is 79.9. The molecule has 19 heavy (non-hydrogen) atoms. The van der Waals surface area contributed by atoms with Gasteiger partial charge in [-0.05, 0) is 24.5 Å². The number of carboxylic acid groups (broad SMARTS) is 1. The van der Waals surface area contributed by atoms with Crippen LogP contribution in [0.2, 0.25) is 0 Å². The molecule has 0 saturated carbocycles. The first-order valence-electron chi connectivity index (χ1n) is 6.32. The molecule has 1 heterocycles. The van der Waals surface area contributed by atoms with Crippen molar-refractivity contribution < 1.29 is 14.7 Å². The van der Waals surface area contributed by atoms with Crippen molar-refractivity contribution in [2.24, 2.45) is 0 Å². The minimum Gasteiger partial charge on any atom is -0.481 e. The lowest BCUT2D eigenvalue weighted by atomic mass is 10.1. The Hall–Kier alpha value is -1.36. The van der Waals surface area contributed by atoms with Crippen molar-refractivity contribution >= 4 is 27.8 Å². The lowest BCUT2D eigenvalue weighted by Gasteiger charge is -2.23. The Morgan fingerprint density at radius 2 is 2.11 bits per heavy atom. The summed E-state index contributed by atoms with van der Waals surface area (Å²) in [6.07, 6.45) is 2.03. The van der Waals surface area contributed by atoms with Gasteiger partial charge in [-0.3, -0.25) is 9.59 Å². The highest BCUT2D eigenvalue weighted by Gasteiger charge is 2.30. The Labute approximate surface area is 120 Å². The van der Waals surface area contributed by atoms with Crippen LogP contribution in [-0.4, -0.2) is 34.5 Å². The van der Waals surface area contributed by atoms with Crippen molar-refractivity contribution in [3.8, 4) is 0 Å². The zero-order valence-electron chi connectivity index (χ0n) is 10.5. The van der Waals surface area contributed by atoms with Gasteiger partial charge in [0.15, 0.2) is 0 Å². The molecule has 1 aliphatic rings. The van der Waals surface area contributed by atoms with E-state index < -0.39 is 5.97 Å². The quantitative estimate of drug-likeness (QED) is 0.925. The molecule has 1 aromatic carbocycles. The summed E-state index contributed by atoms with van der Waals surface area (Å²) in [4.78, 5) is 24.8. The number of nitrogens with zero attached hydrogens (tertiary/aromatic N) is 1. The fourth-order valence-electron chi connectivity index (χ4n) is 2.48. The first-order chi connectivity index (χ1) is 9.08. The summed E-state index contributed by atoms with van der Waals surface area (Å²) in [5, 5.41) is 8.86. The smallest absolute Gasteiger partial charge is 0.305 e. The van der Waals surface area contributed by atoms with Gasteiger partial charge in [0.25, 0.3) is 0 Å². The van der Waals surface area contributed by atoms with E-state index in [4.69, 9.17) is 5.11 Å². The second-order valence-electron chi connectivity index (χ2n) is 4.75. The van der Waals surface area contributed by atoms with Crippen LogP contribution in [-0.2, 0) is 16.0 Å². The molecule has 1 saturated heterocycles. The summed E-state index contributed by atoms with van der Waals surface area (Å²) in [6.45, 7) is 0.668. The van der Waals surface area contributed by atoms with Crippen LogP contribution in [0.15, 0.2) is 28.7 Å². The lowest BCUT2D eigenvalue weighted by Crippen LogP contribution is -2.37. The second-order valence-corrected chi connectivity index (χ2v) is 5.60. The first kappa shape index (κ1) is 14.1. The van der Waals surface area contributed by atoms with E-state index in [-0.39, 0.29) is 18.4 Å². The molecule has 1 aromatic rings. The third kappa shape index (κ3) is 3.56. The van der Waals surface area contributed by atoms with Crippen LogP contribution >= 0.6 is 15.9 Å². The zero-order valence-corrected chi connectivity index (χ0v) is 12.1. The topological polar surface area (TPSA) is 57.6 Å². The highest BCUT2D eigenvalue weighted by Crippen LogP contribution is 2.23. The fourth-order valence-corrected chi connectivity index (χ4v) is 2.91. The summed E-state index contributed by atoms with van der Waals surface area (Å²) in [5.41, 5.74) is 0.938. The molecule has 2 rings (SSSR count). The zero-order chi connectivity index (χ0) is 13.8. The molecule has 1 aliphatic heterocycles. The van der Waals surface area contributed by atoms with Gasteiger partial charge in [-0.25, -0.2) is 0 Å². The number of aliphatic carboxylic acids is 1. The molecular formula is C14H16BrNO3. The molecule has 0 bridgehead atoms. The van der Waals surface area contributed by atoms with E-state index in [1.807, 2.05) is 24.3 Å². The van der Waals surface area contributed by atoms with Crippen LogP contribution in [0.1, 0.15) is 24.8 Å². The molecule has 1 amide bonds.